The van der Waals surface area contributed by atoms with Crippen LogP contribution in [0.4, 0.5) is 0 Å². The summed E-state index contributed by atoms with van der Waals surface area (Å²) in [6.07, 6.45) is -0.338. The third-order valence-electron chi connectivity index (χ3n) is 2.11. The van der Waals surface area contributed by atoms with Crippen LogP contribution in [0.2, 0.25) is 0 Å². The molecule has 0 aliphatic rings. The van der Waals surface area contributed by atoms with Gasteiger partial charge in [-0.1, -0.05) is 12.1 Å². The number of aromatic hydroxyl groups is 1. The molecule has 3 heteroatoms. The number of nitrogens with one attached hydrogen (secondary N) is 1. The van der Waals surface area contributed by atoms with Crippen molar-refractivity contribution >= 4 is 0 Å². The Morgan fingerprint density at radius 1 is 1.21 bits per heavy atom. The third kappa shape index (κ3) is 3.36. The molecule has 2 atom stereocenters. The van der Waals surface area contributed by atoms with Crippen LogP contribution in [0.5, 0.6) is 5.75 Å². The molecule has 0 aliphatic heterocycles. The molecule has 3 nitrogen and oxygen atoms in total. The molecule has 0 fully saturated rings. The summed E-state index contributed by atoms with van der Waals surface area (Å²) in [5, 5.41) is 21.4. The standard InChI is InChI=1S/C11H17NO2/c1-8(13)7-12-9(2)10-3-5-11(14)6-4-10/h3-6,8-9,12-14H,7H2,1-2H3. The molecule has 0 aliphatic carbocycles. The lowest BCUT2D eigenvalue weighted by Gasteiger charge is -2.15. The van der Waals surface area contributed by atoms with Gasteiger partial charge in [0.15, 0.2) is 0 Å². The number of rotatable bonds is 4. The fourth-order valence-corrected chi connectivity index (χ4v) is 1.23. The van der Waals surface area contributed by atoms with Gasteiger partial charge in [0, 0.05) is 12.6 Å². The molecule has 0 bridgehead atoms. The number of hydrogen-bond donors (Lipinski definition) is 3. The molecule has 0 aromatic heterocycles. The first-order chi connectivity index (χ1) is 6.59. The molecule has 0 heterocycles. The van der Waals surface area contributed by atoms with Gasteiger partial charge >= 0.3 is 0 Å². The number of phenols is 1. The molecular weight excluding hydrogens is 178 g/mol. The highest BCUT2D eigenvalue weighted by Crippen LogP contribution is 2.15. The Bertz CT molecular complexity index is 269. The van der Waals surface area contributed by atoms with Gasteiger partial charge in [0.25, 0.3) is 0 Å². The molecule has 1 aromatic carbocycles. The first kappa shape index (κ1) is 11.0. The second-order valence-corrected chi connectivity index (χ2v) is 3.57. The van der Waals surface area contributed by atoms with E-state index in [0.29, 0.717) is 6.54 Å². The maximum Gasteiger partial charge on any atom is 0.115 e. The summed E-state index contributed by atoms with van der Waals surface area (Å²) in [4.78, 5) is 0. The lowest BCUT2D eigenvalue weighted by molar-refractivity contribution is 0.187. The van der Waals surface area contributed by atoms with Gasteiger partial charge in [-0.3, -0.25) is 0 Å². The summed E-state index contributed by atoms with van der Waals surface area (Å²) < 4.78 is 0. The van der Waals surface area contributed by atoms with Gasteiger partial charge in [-0.15, -0.1) is 0 Å². The number of hydrogen-bond acceptors (Lipinski definition) is 3. The number of aliphatic hydroxyl groups is 1. The normalized spacial score (nSPS) is 15.1. The predicted molar refractivity (Wildman–Crippen MR) is 56.2 cm³/mol. The predicted octanol–water partition coefficient (Wildman–Crippen LogP) is 1.42. The molecule has 3 N–H and O–H groups in total. The summed E-state index contributed by atoms with van der Waals surface area (Å²) in [6.45, 7) is 4.34. The van der Waals surface area contributed by atoms with E-state index in [1.165, 1.54) is 0 Å². The summed E-state index contributed by atoms with van der Waals surface area (Å²) in [6, 6.07) is 7.25. The summed E-state index contributed by atoms with van der Waals surface area (Å²) in [5.74, 6) is 0.275. The van der Waals surface area contributed by atoms with E-state index in [9.17, 15) is 0 Å². The quantitative estimate of drug-likeness (QED) is 0.681. The fraction of sp³-hybridized carbons (Fsp3) is 0.455. The van der Waals surface area contributed by atoms with Crippen molar-refractivity contribution in [3.05, 3.63) is 29.8 Å². The van der Waals surface area contributed by atoms with Crippen molar-refractivity contribution in [3.63, 3.8) is 0 Å². The number of aliphatic hydroxyl groups excluding tert-OH is 1. The van der Waals surface area contributed by atoms with Crippen LogP contribution in [-0.2, 0) is 0 Å². The van der Waals surface area contributed by atoms with Crippen molar-refractivity contribution in [2.24, 2.45) is 0 Å². The van der Waals surface area contributed by atoms with Gasteiger partial charge in [-0.2, -0.15) is 0 Å². The van der Waals surface area contributed by atoms with Crippen LogP contribution in [0.25, 0.3) is 0 Å². The Morgan fingerprint density at radius 2 is 1.79 bits per heavy atom. The number of phenolic OH excluding ortho intramolecular Hbond substituents is 1. The van der Waals surface area contributed by atoms with Gasteiger partial charge in [0.2, 0.25) is 0 Å². The second kappa shape index (κ2) is 4.98. The molecule has 0 spiro atoms. The van der Waals surface area contributed by atoms with E-state index < -0.39 is 0 Å². The lowest BCUT2D eigenvalue weighted by atomic mass is 10.1. The molecule has 0 amide bonds. The van der Waals surface area contributed by atoms with Crippen LogP contribution < -0.4 is 5.32 Å². The van der Waals surface area contributed by atoms with Crippen molar-refractivity contribution in [2.75, 3.05) is 6.54 Å². The Balaban J connectivity index is 2.52. The summed E-state index contributed by atoms with van der Waals surface area (Å²) >= 11 is 0. The summed E-state index contributed by atoms with van der Waals surface area (Å²) in [5.41, 5.74) is 1.10. The highest BCUT2D eigenvalue weighted by atomic mass is 16.3. The van der Waals surface area contributed by atoms with Gasteiger partial charge in [-0.25, -0.2) is 0 Å². The van der Waals surface area contributed by atoms with E-state index in [2.05, 4.69) is 5.32 Å². The fourth-order valence-electron chi connectivity index (χ4n) is 1.23. The maximum atomic E-state index is 9.10. The van der Waals surface area contributed by atoms with Crippen LogP contribution >= 0.6 is 0 Å². The Labute approximate surface area is 84.4 Å². The van der Waals surface area contributed by atoms with Crippen molar-refractivity contribution in [2.45, 2.75) is 26.0 Å². The van der Waals surface area contributed by atoms with E-state index in [-0.39, 0.29) is 17.9 Å². The Kier molecular flexibility index (Phi) is 3.92. The van der Waals surface area contributed by atoms with E-state index in [0.717, 1.165) is 5.56 Å². The molecule has 0 saturated heterocycles. The Hall–Kier alpha value is -1.06. The van der Waals surface area contributed by atoms with E-state index in [4.69, 9.17) is 10.2 Å². The third-order valence-corrected chi connectivity index (χ3v) is 2.11. The van der Waals surface area contributed by atoms with Gasteiger partial charge < -0.3 is 15.5 Å². The minimum absolute atomic E-state index is 0.185. The first-order valence-electron chi connectivity index (χ1n) is 4.80. The smallest absolute Gasteiger partial charge is 0.115 e. The largest absolute Gasteiger partial charge is 0.508 e. The van der Waals surface area contributed by atoms with Gasteiger partial charge in [0.05, 0.1) is 6.10 Å². The second-order valence-electron chi connectivity index (χ2n) is 3.57. The van der Waals surface area contributed by atoms with Crippen LogP contribution in [0, 0.1) is 0 Å². The monoisotopic (exact) mass is 195 g/mol. The SMILES string of the molecule is CC(O)CNC(C)c1ccc(O)cc1. The lowest BCUT2D eigenvalue weighted by Crippen LogP contribution is -2.27. The molecule has 2 unspecified atom stereocenters. The topological polar surface area (TPSA) is 52.5 Å². The minimum atomic E-state index is -0.338. The zero-order valence-electron chi connectivity index (χ0n) is 8.57. The minimum Gasteiger partial charge on any atom is -0.508 e. The zero-order valence-corrected chi connectivity index (χ0v) is 8.57. The van der Waals surface area contributed by atoms with E-state index in [1.807, 2.05) is 19.1 Å². The van der Waals surface area contributed by atoms with Crippen molar-refractivity contribution in [1.29, 1.82) is 0 Å². The van der Waals surface area contributed by atoms with Gasteiger partial charge in [0.1, 0.15) is 5.75 Å². The molecule has 0 radical (unpaired) electrons. The first-order valence-corrected chi connectivity index (χ1v) is 4.80. The van der Waals surface area contributed by atoms with Crippen molar-refractivity contribution < 1.29 is 10.2 Å². The molecule has 1 aromatic rings. The summed E-state index contributed by atoms with van der Waals surface area (Å²) in [7, 11) is 0. The molecule has 78 valence electrons. The number of benzene rings is 1. The average Bonchev–Trinajstić information content (AvgIpc) is 2.15. The van der Waals surface area contributed by atoms with Crippen LogP contribution in [0.15, 0.2) is 24.3 Å². The molecule has 1 rings (SSSR count). The molecular formula is C11H17NO2. The highest BCUT2D eigenvalue weighted by Gasteiger charge is 2.05. The van der Waals surface area contributed by atoms with E-state index in [1.54, 1.807) is 19.1 Å². The van der Waals surface area contributed by atoms with Crippen molar-refractivity contribution in [3.8, 4) is 5.75 Å². The van der Waals surface area contributed by atoms with Crippen molar-refractivity contribution in [1.82, 2.24) is 5.32 Å². The van der Waals surface area contributed by atoms with Crippen LogP contribution in [0.3, 0.4) is 0 Å². The maximum absolute atomic E-state index is 9.10. The Morgan fingerprint density at radius 3 is 2.29 bits per heavy atom. The highest BCUT2D eigenvalue weighted by molar-refractivity contribution is 5.27. The average molecular weight is 195 g/mol. The van der Waals surface area contributed by atoms with Gasteiger partial charge in [-0.05, 0) is 31.5 Å². The van der Waals surface area contributed by atoms with E-state index >= 15 is 0 Å². The van der Waals surface area contributed by atoms with Crippen LogP contribution in [0.1, 0.15) is 25.5 Å². The zero-order chi connectivity index (χ0) is 10.6. The van der Waals surface area contributed by atoms with Crippen LogP contribution in [-0.4, -0.2) is 22.9 Å². The molecule has 14 heavy (non-hydrogen) atoms. The molecule has 0 saturated carbocycles.